The molecule has 1 saturated heterocycles. The van der Waals surface area contributed by atoms with Crippen molar-refractivity contribution in [3.05, 3.63) is 41.7 Å². The van der Waals surface area contributed by atoms with Gasteiger partial charge in [0.25, 0.3) is 0 Å². The molecule has 0 spiro atoms. The third kappa shape index (κ3) is 3.37. The van der Waals surface area contributed by atoms with Gasteiger partial charge in [0, 0.05) is 17.7 Å². The van der Waals surface area contributed by atoms with Crippen LogP contribution in [-0.4, -0.2) is 48.5 Å². The highest BCUT2D eigenvalue weighted by atomic mass is 19.4. The molecule has 5 nitrogen and oxygen atoms in total. The summed E-state index contributed by atoms with van der Waals surface area (Å²) < 4.78 is 51.3. The summed E-state index contributed by atoms with van der Waals surface area (Å²) >= 11 is 0. The second-order valence-electron chi connectivity index (χ2n) is 8.08. The summed E-state index contributed by atoms with van der Waals surface area (Å²) in [5.41, 5.74) is 0.346. The summed E-state index contributed by atoms with van der Waals surface area (Å²) in [6.07, 6.45) is 0.521. The van der Waals surface area contributed by atoms with Crippen LogP contribution in [-0.2, 0) is 11.6 Å². The first kappa shape index (κ1) is 20.1. The Balaban J connectivity index is 1.63. The van der Waals surface area contributed by atoms with E-state index in [1.807, 2.05) is 6.07 Å². The van der Waals surface area contributed by atoms with E-state index >= 15 is 0 Å². The van der Waals surface area contributed by atoms with E-state index in [2.05, 4.69) is 29.2 Å². The Hall–Kier alpha value is -2.22. The molecule has 2 heterocycles. The monoisotopic (exact) mass is 409 g/mol. The molecule has 0 radical (unpaired) electrons. The number of rotatable bonds is 4. The largest absolute Gasteiger partial charge is 0.493 e. The fourth-order valence-electron chi connectivity index (χ4n) is 5.18. The van der Waals surface area contributed by atoms with Crippen molar-refractivity contribution >= 4 is 0 Å². The van der Waals surface area contributed by atoms with Gasteiger partial charge in [0.05, 0.1) is 20.3 Å². The third-order valence-electron chi connectivity index (χ3n) is 6.73. The van der Waals surface area contributed by atoms with E-state index in [1.54, 1.807) is 14.2 Å². The predicted octanol–water partition coefficient (Wildman–Crippen LogP) is 4.29. The lowest BCUT2D eigenvalue weighted by Gasteiger charge is -2.44. The molecule has 3 atom stereocenters. The Kier molecular flexibility index (Phi) is 5.01. The lowest BCUT2D eigenvalue weighted by atomic mass is 9.65. The molecule has 2 aromatic rings. The molecule has 1 aliphatic heterocycles. The van der Waals surface area contributed by atoms with Crippen LogP contribution >= 0.6 is 0 Å². The van der Waals surface area contributed by atoms with E-state index in [0.29, 0.717) is 11.5 Å². The van der Waals surface area contributed by atoms with Crippen LogP contribution in [0, 0.1) is 0 Å². The SMILES string of the molecule is COc1ccc(C23CCC(n4ccc(C(F)(F)F)n4)CC2N(C)CC3)cc1OC. The first-order valence-electron chi connectivity index (χ1n) is 9.83. The van der Waals surface area contributed by atoms with Crippen molar-refractivity contribution in [2.24, 2.45) is 0 Å². The number of hydrogen-bond donors (Lipinski definition) is 0. The van der Waals surface area contributed by atoms with Gasteiger partial charge >= 0.3 is 6.18 Å². The Morgan fingerprint density at radius 2 is 1.86 bits per heavy atom. The number of alkyl halides is 3. The molecule has 1 aromatic heterocycles. The minimum atomic E-state index is -4.41. The topological polar surface area (TPSA) is 39.5 Å². The third-order valence-corrected chi connectivity index (χ3v) is 6.73. The summed E-state index contributed by atoms with van der Waals surface area (Å²) in [6.45, 7) is 0.957. The maximum Gasteiger partial charge on any atom is 0.435 e. The summed E-state index contributed by atoms with van der Waals surface area (Å²) in [4.78, 5) is 2.33. The van der Waals surface area contributed by atoms with Gasteiger partial charge in [-0.3, -0.25) is 4.68 Å². The van der Waals surface area contributed by atoms with Crippen molar-refractivity contribution in [1.29, 1.82) is 0 Å². The average molecular weight is 409 g/mol. The average Bonchev–Trinajstić information content (AvgIpc) is 3.33. The Labute approximate surface area is 168 Å². The van der Waals surface area contributed by atoms with Gasteiger partial charge < -0.3 is 14.4 Å². The maximum atomic E-state index is 13.0. The summed E-state index contributed by atoms with van der Waals surface area (Å²) in [5.74, 6) is 1.40. The van der Waals surface area contributed by atoms with Crippen molar-refractivity contribution in [2.75, 3.05) is 27.8 Å². The zero-order chi connectivity index (χ0) is 20.8. The van der Waals surface area contributed by atoms with Gasteiger partial charge in [-0.15, -0.1) is 0 Å². The standard InChI is InChI=1S/C21H26F3N3O2/c1-26-11-9-20(14-4-5-16(28-2)17(12-14)29-3)8-6-15(13-19(20)26)27-10-7-18(25-27)21(22,23)24/h4-5,7,10,12,15,19H,6,8-9,11,13H2,1-3H3. The van der Waals surface area contributed by atoms with E-state index in [-0.39, 0.29) is 17.5 Å². The number of benzene rings is 1. The van der Waals surface area contributed by atoms with Crippen molar-refractivity contribution in [3.8, 4) is 11.5 Å². The van der Waals surface area contributed by atoms with Crippen molar-refractivity contribution in [1.82, 2.24) is 14.7 Å². The summed E-state index contributed by atoms with van der Waals surface area (Å²) in [6, 6.07) is 7.36. The van der Waals surface area contributed by atoms with Crippen LogP contribution in [0.25, 0.3) is 0 Å². The molecule has 0 bridgehead atoms. The minimum Gasteiger partial charge on any atom is -0.493 e. The molecule has 29 heavy (non-hydrogen) atoms. The molecule has 4 rings (SSSR count). The minimum absolute atomic E-state index is 0.0369. The molecular weight excluding hydrogens is 383 g/mol. The van der Waals surface area contributed by atoms with Crippen LogP contribution in [0.5, 0.6) is 11.5 Å². The number of nitrogens with zero attached hydrogens (tertiary/aromatic N) is 3. The van der Waals surface area contributed by atoms with Crippen LogP contribution in [0.15, 0.2) is 30.5 Å². The van der Waals surface area contributed by atoms with Gasteiger partial charge in [-0.25, -0.2) is 0 Å². The maximum absolute atomic E-state index is 13.0. The van der Waals surface area contributed by atoms with Gasteiger partial charge in [0.1, 0.15) is 0 Å². The molecule has 2 fully saturated rings. The number of ether oxygens (including phenoxy) is 2. The molecule has 158 valence electrons. The highest BCUT2D eigenvalue weighted by Crippen LogP contribution is 2.52. The lowest BCUT2D eigenvalue weighted by Crippen LogP contribution is -2.46. The van der Waals surface area contributed by atoms with E-state index in [1.165, 1.54) is 16.4 Å². The smallest absolute Gasteiger partial charge is 0.435 e. The highest BCUT2D eigenvalue weighted by Gasteiger charge is 2.51. The van der Waals surface area contributed by atoms with E-state index in [4.69, 9.17) is 9.47 Å². The zero-order valence-corrected chi connectivity index (χ0v) is 16.9. The highest BCUT2D eigenvalue weighted by molar-refractivity contribution is 5.46. The second-order valence-corrected chi connectivity index (χ2v) is 8.08. The van der Waals surface area contributed by atoms with Gasteiger partial charge in [-0.2, -0.15) is 18.3 Å². The Bertz CT molecular complexity index is 882. The van der Waals surface area contributed by atoms with Gasteiger partial charge in [-0.1, -0.05) is 6.07 Å². The Morgan fingerprint density at radius 3 is 2.52 bits per heavy atom. The van der Waals surface area contributed by atoms with Gasteiger partial charge in [0.15, 0.2) is 17.2 Å². The first-order chi connectivity index (χ1) is 13.8. The van der Waals surface area contributed by atoms with E-state index in [9.17, 15) is 13.2 Å². The second kappa shape index (κ2) is 7.23. The zero-order valence-electron chi connectivity index (χ0n) is 16.9. The molecular formula is C21H26F3N3O2. The normalized spacial score (nSPS) is 27.7. The van der Waals surface area contributed by atoms with E-state index in [0.717, 1.165) is 38.3 Å². The molecule has 0 amide bonds. The molecule has 8 heteroatoms. The molecule has 3 unspecified atom stereocenters. The fourth-order valence-corrected chi connectivity index (χ4v) is 5.18. The quantitative estimate of drug-likeness (QED) is 0.756. The molecule has 2 aliphatic rings. The number of likely N-dealkylation sites (N-methyl/N-ethyl adjacent to an activating group) is 1. The number of likely N-dealkylation sites (tertiary alicyclic amines) is 1. The van der Waals surface area contributed by atoms with Crippen LogP contribution in [0.1, 0.15) is 43.0 Å². The van der Waals surface area contributed by atoms with Crippen LogP contribution < -0.4 is 9.47 Å². The van der Waals surface area contributed by atoms with Crippen LogP contribution in [0.2, 0.25) is 0 Å². The lowest BCUT2D eigenvalue weighted by molar-refractivity contribution is -0.141. The number of methoxy groups -OCH3 is 2. The van der Waals surface area contributed by atoms with Crippen molar-refractivity contribution in [2.45, 2.75) is 49.4 Å². The number of hydrogen-bond acceptors (Lipinski definition) is 4. The molecule has 1 saturated carbocycles. The van der Waals surface area contributed by atoms with Crippen molar-refractivity contribution in [3.63, 3.8) is 0 Å². The summed E-state index contributed by atoms with van der Waals surface area (Å²) in [7, 11) is 5.34. The first-order valence-corrected chi connectivity index (χ1v) is 9.83. The summed E-state index contributed by atoms with van der Waals surface area (Å²) in [5, 5.41) is 3.83. The predicted molar refractivity (Wildman–Crippen MR) is 102 cm³/mol. The fraction of sp³-hybridized carbons (Fsp3) is 0.571. The van der Waals surface area contributed by atoms with Crippen LogP contribution in [0.4, 0.5) is 13.2 Å². The van der Waals surface area contributed by atoms with Gasteiger partial charge in [0.2, 0.25) is 0 Å². The Morgan fingerprint density at radius 1 is 1.10 bits per heavy atom. The van der Waals surface area contributed by atoms with E-state index < -0.39 is 11.9 Å². The number of fused-ring (bicyclic) bond motifs is 1. The molecule has 1 aliphatic carbocycles. The van der Waals surface area contributed by atoms with Gasteiger partial charge in [-0.05, 0) is 63.0 Å². The number of halogens is 3. The molecule has 1 aromatic carbocycles. The van der Waals surface area contributed by atoms with Crippen molar-refractivity contribution < 1.29 is 22.6 Å². The van der Waals surface area contributed by atoms with Crippen LogP contribution in [0.3, 0.4) is 0 Å². The molecule has 0 N–H and O–H groups in total. The number of aromatic nitrogens is 2.